The molecule has 1 saturated heterocycles. The van der Waals surface area contributed by atoms with Crippen LogP contribution in [0.15, 0.2) is 4.99 Å². The first-order valence-corrected chi connectivity index (χ1v) is 6.98. The monoisotopic (exact) mass is 394 g/mol. The molecule has 2 amide bonds. The average molecular weight is 394 g/mol. The fourth-order valence-corrected chi connectivity index (χ4v) is 2.12. The molecule has 1 aliphatic heterocycles. The topological polar surface area (TPSA) is 73.8 Å². The number of nitrogens with zero attached hydrogens (tertiary/aromatic N) is 2. The largest absolute Gasteiger partial charge is 0.356 e. The molecule has 0 bridgehead atoms. The van der Waals surface area contributed by atoms with E-state index in [1.165, 1.54) is 17.7 Å². The number of nitrogens with one attached hydrogen (secondary N) is 2. The Hall–Kier alpha value is -0.860. The second-order valence-corrected chi connectivity index (χ2v) is 5.12. The molecule has 2 aliphatic rings. The van der Waals surface area contributed by atoms with Gasteiger partial charge in [0.1, 0.15) is 0 Å². The molecule has 0 spiro atoms. The number of imide groups is 1. The van der Waals surface area contributed by atoms with Gasteiger partial charge in [0.25, 0.3) is 0 Å². The summed E-state index contributed by atoms with van der Waals surface area (Å²) in [6.45, 7) is 1.91. The van der Waals surface area contributed by atoms with Crippen molar-refractivity contribution in [3.05, 3.63) is 0 Å². The van der Waals surface area contributed by atoms with Gasteiger partial charge in [-0.2, -0.15) is 0 Å². The van der Waals surface area contributed by atoms with E-state index in [1.807, 2.05) is 0 Å². The van der Waals surface area contributed by atoms with Gasteiger partial charge in [-0.25, -0.2) is 0 Å². The van der Waals surface area contributed by atoms with E-state index in [2.05, 4.69) is 15.6 Å². The van der Waals surface area contributed by atoms with E-state index in [-0.39, 0.29) is 35.8 Å². The third-order valence-electron chi connectivity index (χ3n) is 3.49. The van der Waals surface area contributed by atoms with Crippen LogP contribution in [-0.4, -0.2) is 49.4 Å². The summed E-state index contributed by atoms with van der Waals surface area (Å²) in [6, 6.07) is 0. The fraction of sp³-hybridized carbons (Fsp3) is 0.769. The summed E-state index contributed by atoms with van der Waals surface area (Å²) < 4.78 is 0. The molecule has 1 saturated carbocycles. The molecule has 6 nitrogen and oxygen atoms in total. The Labute approximate surface area is 136 Å². The predicted octanol–water partition coefficient (Wildman–Crippen LogP) is 0.718. The van der Waals surface area contributed by atoms with Crippen molar-refractivity contribution in [1.29, 1.82) is 0 Å². The molecule has 2 rings (SSSR count). The van der Waals surface area contributed by atoms with Crippen LogP contribution in [0.4, 0.5) is 0 Å². The number of aliphatic imine (C=N–C) groups is 1. The Morgan fingerprint density at radius 3 is 2.45 bits per heavy atom. The molecule has 1 heterocycles. The van der Waals surface area contributed by atoms with E-state index in [4.69, 9.17) is 0 Å². The van der Waals surface area contributed by atoms with Crippen molar-refractivity contribution in [2.45, 2.75) is 32.1 Å². The van der Waals surface area contributed by atoms with Gasteiger partial charge in [0.05, 0.1) is 0 Å². The number of amides is 2. The molecule has 0 aromatic carbocycles. The summed E-state index contributed by atoms with van der Waals surface area (Å²) in [5.41, 5.74) is 0. The summed E-state index contributed by atoms with van der Waals surface area (Å²) in [5, 5.41) is 6.38. The summed E-state index contributed by atoms with van der Waals surface area (Å²) >= 11 is 0. The molecule has 0 aromatic rings. The van der Waals surface area contributed by atoms with Crippen LogP contribution >= 0.6 is 24.0 Å². The van der Waals surface area contributed by atoms with Gasteiger partial charge in [-0.15, -0.1) is 24.0 Å². The van der Waals surface area contributed by atoms with Crippen LogP contribution < -0.4 is 10.6 Å². The highest BCUT2D eigenvalue weighted by atomic mass is 127. The molecule has 7 heteroatoms. The molecule has 114 valence electrons. The molecule has 0 radical (unpaired) electrons. The summed E-state index contributed by atoms with van der Waals surface area (Å²) in [4.78, 5) is 28.7. The highest BCUT2D eigenvalue weighted by Crippen LogP contribution is 2.27. The van der Waals surface area contributed by atoms with Crippen molar-refractivity contribution in [2.75, 3.05) is 26.7 Å². The summed E-state index contributed by atoms with van der Waals surface area (Å²) in [6.07, 6.45) is 4.24. The minimum Gasteiger partial charge on any atom is -0.356 e. The number of rotatable bonds is 5. The molecule has 2 fully saturated rings. The number of hydrogen-bond acceptors (Lipinski definition) is 3. The van der Waals surface area contributed by atoms with Crippen LogP contribution in [0.2, 0.25) is 0 Å². The summed E-state index contributed by atoms with van der Waals surface area (Å²) in [5.74, 6) is 1.41. The van der Waals surface area contributed by atoms with Crippen LogP contribution in [0, 0.1) is 5.92 Å². The number of halogens is 1. The highest BCUT2D eigenvalue weighted by Gasteiger charge is 2.25. The lowest BCUT2D eigenvalue weighted by molar-refractivity contribution is -0.147. The lowest BCUT2D eigenvalue weighted by atomic mass is 10.1. The van der Waals surface area contributed by atoms with Crippen LogP contribution in [0.5, 0.6) is 0 Å². The number of likely N-dealkylation sites (tertiary alicyclic amines) is 1. The molecule has 1 aliphatic carbocycles. The highest BCUT2D eigenvalue weighted by molar-refractivity contribution is 14.0. The van der Waals surface area contributed by atoms with E-state index >= 15 is 0 Å². The maximum absolute atomic E-state index is 11.6. The standard InChI is InChI=1S/C13H22N4O2.HI/c1-14-13(16-9-10-5-6-10)15-7-8-17-11(18)3-2-4-12(17)19;/h10H,2-9H2,1H3,(H2,14,15,16);1H. The third-order valence-corrected chi connectivity index (χ3v) is 3.49. The van der Waals surface area contributed by atoms with Crippen molar-refractivity contribution in [2.24, 2.45) is 10.9 Å². The van der Waals surface area contributed by atoms with Gasteiger partial charge >= 0.3 is 0 Å². The van der Waals surface area contributed by atoms with Crippen molar-refractivity contribution >= 4 is 41.8 Å². The molecule has 20 heavy (non-hydrogen) atoms. The zero-order chi connectivity index (χ0) is 13.7. The van der Waals surface area contributed by atoms with Crippen LogP contribution in [-0.2, 0) is 9.59 Å². The smallest absolute Gasteiger partial charge is 0.229 e. The van der Waals surface area contributed by atoms with Gasteiger partial charge in [0.2, 0.25) is 11.8 Å². The SMILES string of the molecule is CN=C(NCCN1C(=O)CCCC1=O)NCC1CC1.I. The minimum absolute atomic E-state index is 0. The molecule has 0 unspecified atom stereocenters. The summed E-state index contributed by atoms with van der Waals surface area (Å²) in [7, 11) is 1.72. The maximum atomic E-state index is 11.6. The zero-order valence-electron chi connectivity index (χ0n) is 11.9. The molecule has 0 aromatic heterocycles. The normalized spacial score (nSPS) is 19.6. The minimum atomic E-state index is -0.0565. The van der Waals surface area contributed by atoms with Crippen molar-refractivity contribution in [3.63, 3.8) is 0 Å². The number of carbonyl (C=O) groups excluding carboxylic acids is 2. The Bertz CT molecular complexity index is 367. The van der Waals surface area contributed by atoms with E-state index in [9.17, 15) is 9.59 Å². The van der Waals surface area contributed by atoms with Gasteiger partial charge in [-0.05, 0) is 25.2 Å². The Balaban J connectivity index is 0.00000200. The quantitative estimate of drug-likeness (QED) is 0.312. The third kappa shape index (κ3) is 5.26. The van der Waals surface area contributed by atoms with Crippen molar-refractivity contribution in [1.82, 2.24) is 15.5 Å². The van der Waals surface area contributed by atoms with Crippen LogP contribution in [0.1, 0.15) is 32.1 Å². The van der Waals surface area contributed by atoms with Crippen molar-refractivity contribution in [3.8, 4) is 0 Å². The van der Waals surface area contributed by atoms with E-state index in [1.54, 1.807) is 7.05 Å². The lowest BCUT2D eigenvalue weighted by Gasteiger charge is -2.25. The second kappa shape index (κ2) is 8.43. The maximum Gasteiger partial charge on any atom is 0.229 e. The van der Waals surface area contributed by atoms with Crippen LogP contribution in [0.3, 0.4) is 0 Å². The Morgan fingerprint density at radius 2 is 1.90 bits per heavy atom. The van der Waals surface area contributed by atoms with Gasteiger partial charge in [-0.3, -0.25) is 19.5 Å². The first kappa shape index (κ1) is 17.2. The number of piperidine rings is 1. The van der Waals surface area contributed by atoms with E-state index < -0.39 is 0 Å². The fourth-order valence-electron chi connectivity index (χ4n) is 2.12. The molecule has 0 atom stereocenters. The number of guanidine groups is 1. The Morgan fingerprint density at radius 1 is 1.25 bits per heavy atom. The van der Waals surface area contributed by atoms with Gasteiger partial charge in [-0.1, -0.05) is 0 Å². The molecular weight excluding hydrogens is 371 g/mol. The first-order chi connectivity index (χ1) is 9.20. The Kier molecular flexibility index (Phi) is 7.25. The van der Waals surface area contributed by atoms with Gasteiger partial charge in [0, 0.05) is 39.5 Å². The number of carbonyl (C=O) groups is 2. The molecule has 2 N–H and O–H groups in total. The predicted molar refractivity (Wildman–Crippen MR) is 88.1 cm³/mol. The lowest BCUT2D eigenvalue weighted by Crippen LogP contribution is -2.46. The number of hydrogen-bond donors (Lipinski definition) is 2. The average Bonchev–Trinajstić information content (AvgIpc) is 3.20. The second-order valence-electron chi connectivity index (χ2n) is 5.12. The van der Waals surface area contributed by atoms with Gasteiger partial charge < -0.3 is 10.6 Å². The first-order valence-electron chi connectivity index (χ1n) is 6.98. The zero-order valence-corrected chi connectivity index (χ0v) is 14.2. The van der Waals surface area contributed by atoms with Crippen LogP contribution in [0.25, 0.3) is 0 Å². The molecular formula is C13H23IN4O2. The van der Waals surface area contributed by atoms with E-state index in [0.717, 1.165) is 18.4 Å². The van der Waals surface area contributed by atoms with Gasteiger partial charge in [0.15, 0.2) is 5.96 Å². The van der Waals surface area contributed by atoms with Crippen molar-refractivity contribution < 1.29 is 9.59 Å². The van der Waals surface area contributed by atoms with E-state index in [0.29, 0.717) is 32.4 Å².